The molecule has 2 heterocycles. The van der Waals surface area contributed by atoms with Gasteiger partial charge in [-0.05, 0) is 30.7 Å². The summed E-state index contributed by atoms with van der Waals surface area (Å²) in [7, 11) is 0. The van der Waals surface area contributed by atoms with E-state index in [9.17, 15) is 4.79 Å². The number of hydrogen-bond acceptors (Lipinski definition) is 3. The summed E-state index contributed by atoms with van der Waals surface area (Å²) in [5.74, 6) is -0.302. The molecule has 0 fully saturated rings. The van der Waals surface area contributed by atoms with E-state index in [1.54, 1.807) is 36.7 Å². The molecule has 86 valence electrons. The van der Waals surface area contributed by atoms with Crippen LogP contribution in [0.2, 0.25) is 5.15 Å². The van der Waals surface area contributed by atoms with Crippen LogP contribution in [0.3, 0.4) is 0 Å². The lowest BCUT2D eigenvalue weighted by atomic mass is 10.2. The molecule has 0 aliphatic heterocycles. The first-order valence-corrected chi connectivity index (χ1v) is 5.40. The zero-order valence-electron chi connectivity index (χ0n) is 9.14. The average molecular weight is 248 g/mol. The first-order chi connectivity index (χ1) is 8.18. The van der Waals surface area contributed by atoms with Crippen molar-refractivity contribution in [2.24, 2.45) is 0 Å². The molecule has 0 atom stereocenters. The highest BCUT2D eigenvalue weighted by Crippen LogP contribution is 2.23. The molecule has 0 saturated heterocycles. The van der Waals surface area contributed by atoms with E-state index >= 15 is 0 Å². The van der Waals surface area contributed by atoms with Crippen LogP contribution in [0.4, 0.5) is 5.69 Å². The lowest BCUT2D eigenvalue weighted by Gasteiger charge is -2.08. The fourth-order valence-corrected chi connectivity index (χ4v) is 1.60. The topological polar surface area (TPSA) is 54.9 Å². The van der Waals surface area contributed by atoms with Gasteiger partial charge in [0, 0.05) is 12.4 Å². The third-order valence-corrected chi connectivity index (χ3v) is 2.54. The van der Waals surface area contributed by atoms with Gasteiger partial charge in [0.1, 0.15) is 5.69 Å². The van der Waals surface area contributed by atoms with Gasteiger partial charge in [-0.2, -0.15) is 0 Å². The van der Waals surface area contributed by atoms with Gasteiger partial charge in [0.15, 0.2) is 5.15 Å². The van der Waals surface area contributed by atoms with Crippen LogP contribution in [0, 0.1) is 6.92 Å². The van der Waals surface area contributed by atoms with Crippen molar-refractivity contribution in [3.05, 3.63) is 53.1 Å². The van der Waals surface area contributed by atoms with Crippen LogP contribution in [0.1, 0.15) is 16.1 Å². The molecule has 1 N–H and O–H groups in total. The molecule has 0 radical (unpaired) electrons. The molecule has 0 aliphatic carbocycles. The lowest BCUT2D eigenvalue weighted by molar-refractivity contribution is 0.102. The van der Waals surface area contributed by atoms with Crippen molar-refractivity contribution in [2.75, 3.05) is 5.32 Å². The van der Waals surface area contributed by atoms with Crippen molar-refractivity contribution in [1.82, 2.24) is 9.97 Å². The van der Waals surface area contributed by atoms with Gasteiger partial charge < -0.3 is 5.32 Å². The number of rotatable bonds is 2. The number of nitrogens with zero attached hydrogens (tertiary/aromatic N) is 2. The van der Waals surface area contributed by atoms with Crippen molar-refractivity contribution >= 4 is 23.2 Å². The van der Waals surface area contributed by atoms with E-state index < -0.39 is 0 Å². The Hall–Kier alpha value is -1.94. The number of aromatic nitrogens is 2. The molecule has 0 spiro atoms. The van der Waals surface area contributed by atoms with Gasteiger partial charge in [-0.15, -0.1) is 0 Å². The second-order valence-corrected chi connectivity index (χ2v) is 3.82. The summed E-state index contributed by atoms with van der Waals surface area (Å²) in [5.41, 5.74) is 1.71. The van der Waals surface area contributed by atoms with Crippen LogP contribution in [0.15, 0.2) is 36.7 Å². The van der Waals surface area contributed by atoms with Crippen LogP contribution >= 0.6 is 11.6 Å². The van der Waals surface area contributed by atoms with E-state index in [0.29, 0.717) is 11.4 Å². The van der Waals surface area contributed by atoms with E-state index in [1.807, 2.05) is 6.92 Å². The standard InChI is InChI=1S/C12H10ClN3O/c1-8-5-7-15-11(13)10(8)16-12(17)9-4-2-3-6-14-9/h2-7H,1H3,(H,16,17). The maximum absolute atomic E-state index is 11.9. The largest absolute Gasteiger partial charge is 0.318 e. The number of carbonyl (C=O) groups excluding carboxylic acids is 1. The van der Waals surface area contributed by atoms with E-state index in [4.69, 9.17) is 11.6 Å². The summed E-state index contributed by atoms with van der Waals surface area (Å²) in [6.45, 7) is 1.85. The maximum Gasteiger partial charge on any atom is 0.274 e. The van der Waals surface area contributed by atoms with Crippen molar-refractivity contribution in [2.45, 2.75) is 6.92 Å². The van der Waals surface area contributed by atoms with Gasteiger partial charge in [0.25, 0.3) is 5.91 Å². The summed E-state index contributed by atoms with van der Waals surface area (Å²) in [6, 6.07) is 6.91. The highest BCUT2D eigenvalue weighted by atomic mass is 35.5. The molecule has 2 aromatic rings. The number of hydrogen-bond donors (Lipinski definition) is 1. The minimum atomic E-state index is -0.302. The second-order valence-electron chi connectivity index (χ2n) is 3.46. The average Bonchev–Trinajstić information content (AvgIpc) is 2.35. The van der Waals surface area contributed by atoms with Gasteiger partial charge in [0.2, 0.25) is 0 Å². The minimum absolute atomic E-state index is 0.272. The Morgan fingerprint density at radius 3 is 2.71 bits per heavy atom. The van der Waals surface area contributed by atoms with Gasteiger partial charge in [-0.1, -0.05) is 17.7 Å². The van der Waals surface area contributed by atoms with Crippen molar-refractivity contribution in [3.63, 3.8) is 0 Å². The molecule has 17 heavy (non-hydrogen) atoms. The van der Waals surface area contributed by atoms with E-state index in [1.165, 1.54) is 0 Å². The smallest absolute Gasteiger partial charge is 0.274 e. The second kappa shape index (κ2) is 4.93. The molecule has 0 saturated carbocycles. The summed E-state index contributed by atoms with van der Waals surface area (Å²) < 4.78 is 0. The highest BCUT2D eigenvalue weighted by molar-refractivity contribution is 6.32. The Labute approximate surface area is 104 Å². The van der Waals surface area contributed by atoms with Crippen LogP contribution in [0.5, 0.6) is 0 Å². The van der Waals surface area contributed by atoms with Crippen molar-refractivity contribution in [3.8, 4) is 0 Å². The Morgan fingerprint density at radius 2 is 2.06 bits per heavy atom. The fourth-order valence-electron chi connectivity index (χ4n) is 1.35. The third-order valence-electron chi connectivity index (χ3n) is 2.25. The lowest BCUT2D eigenvalue weighted by Crippen LogP contribution is -2.14. The maximum atomic E-state index is 11.9. The van der Waals surface area contributed by atoms with Gasteiger partial charge in [0.05, 0.1) is 5.69 Å². The van der Waals surface area contributed by atoms with E-state index in [-0.39, 0.29) is 11.1 Å². The number of halogens is 1. The summed E-state index contributed by atoms with van der Waals surface area (Å²) in [5, 5.41) is 2.97. The zero-order chi connectivity index (χ0) is 12.3. The summed E-state index contributed by atoms with van der Waals surface area (Å²) in [4.78, 5) is 19.7. The first-order valence-electron chi connectivity index (χ1n) is 5.02. The monoisotopic (exact) mass is 247 g/mol. The quantitative estimate of drug-likeness (QED) is 0.830. The van der Waals surface area contributed by atoms with Crippen LogP contribution in [0.25, 0.3) is 0 Å². The molecule has 2 rings (SSSR count). The molecular weight excluding hydrogens is 238 g/mol. The number of aryl methyl sites for hydroxylation is 1. The SMILES string of the molecule is Cc1ccnc(Cl)c1NC(=O)c1ccccn1. The predicted octanol–water partition coefficient (Wildman–Crippen LogP) is 2.69. The van der Waals surface area contributed by atoms with Crippen LogP contribution in [-0.4, -0.2) is 15.9 Å². The molecule has 0 bridgehead atoms. The van der Waals surface area contributed by atoms with Gasteiger partial charge in [-0.3, -0.25) is 9.78 Å². The number of anilines is 1. The highest BCUT2D eigenvalue weighted by Gasteiger charge is 2.11. The van der Waals surface area contributed by atoms with Gasteiger partial charge >= 0.3 is 0 Å². The zero-order valence-corrected chi connectivity index (χ0v) is 9.90. The normalized spacial score (nSPS) is 10.0. The molecule has 0 unspecified atom stereocenters. The predicted molar refractivity (Wildman–Crippen MR) is 66.2 cm³/mol. The molecular formula is C12H10ClN3O. The Bertz CT molecular complexity index is 522. The summed E-state index contributed by atoms with van der Waals surface area (Å²) >= 11 is 5.91. The van der Waals surface area contributed by atoms with E-state index in [0.717, 1.165) is 5.56 Å². The fraction of sp³-hybridized carbons (Fsp3) is 0.0833. The number of nitrogens with one attached hydrogen (secondary N) is 1. The van der Waals surface area contributed by atoms with Crippen molar-refractivity contribution in [1.29, 1.82) is 0 Å². The van der Waals surface area contributed by atoms with Gasteiger partial charge in [-0.25, -0.2) is 4.98 Å². The van der Waals surface area contributed by atoms with E-state index in [2.05, 4.69) is 15.3 Å². The Morgan fingerprint density at radius 1 is 1.24 bits per heavy atom. The Balaban J connectivity index is 2.25. The number of amides is 1. The van der Waals surface area contributed by atoms with Crippen LogP contribution < -0.4 is 5.32 Å². The number of carbonyl (C=O) groups is 1. The van der Waals surface area contributed by atoms with Crippen molar-refractivity contribution < 1.29 is 4.79 Å². The molecule has 5 heteroatoms. The molecule has 0 aliphatic rings. The molecule has 4 nitrogen and oxygen atoms in total. The Kier molecular flexibility index (Phi) is 3.35. The molecule has 2 aromatic heterocycles. The third kappa shape index (κ3) is 2.60. The molecule has 0 aromatic carbocycles. The number of pyridine rings is 2. The summed E-state index contributed by atoms with van der Waals surface area (Å²) in [6.07, 6.45) is 3.15. The van der Waals surface area contributed by atoms with Crippen LogP contribution in [-0.2, 0) is 0 Å². The minimum Gasteiger partial charge on any atom is -0.318 e. The molecule has 1 amide bonds. The first kappa shape index (κ1) is 11.5.